The van der Waals surface area contributed by atoms with E-state index < -0.39 is 6.04 Å². The molecule has 5 nitrogen and oxygen atoms in total. The third-order valence-electron chi connectivity index (χ3n) is 2.08. The summed E-state index contributed by atoms with van der Waals surface area (Å²) in [6.07, 6.45) is 0.663. The number of aryl methyl sites for hydroxylation is 1. The maximum Gasteiger partial charge on any atom is 0.200 e. The molecule has 1 unspecified atom stereocenters. The first-order valence-corrected chi connectivity index (χ1v) is 5.57. The topological polar surface area (TPSA) is 73.8 Å². The molecule has 0 saturated heterocycles. The smallest absolute Gasteiger partial charge is 0.200 e. The number of carbonyl (C=O) groups is 1. The molecule has 0 saturated carbocycles. The van der Waals surface area contributed by atoms with Gasteiger partial charge in [0.25, 0.3) is 0 Å². The summed E-state index contributed by atoms with van der Waals surface area (Å²) in [5.74, 6) is 0.270. The summed E-state index contributed by atoms with van der Waals surface area (Å²) in [6, 6.07) is -0.488. The first-order chi connectivity index (χ1) is 6.93. The number of ketones is 1. The van der Waals surface area contributed by atoms with E-state index in [-0.39, 0.29) is 5.78 Å². The van der Waals surface area contributed by atoms with E-state index >= 15 is 0 Å². The zero-order valence-electron chi connectivity index (χ0n) is 9.07. The fourth-order valence-corrected chi connectivity index (χ4v) is 1.91. The monoisotopic (exact) mass is 274 g/mol. The molecule has 0 radical (unpaired) electrons. The van der Waals surface area contributed by atoms with Crippen LogP contribution in [0.4, 0.5) is 0 Å². The zero-order chi connectivity index (χ0) is 11.6. The minimum absolute atomic E-state index is 0.122. The molecule has 0 amide bonds. The van der Waals surface area contributed by atoms with Crippen molar-refractivity contribution in [3.05, 3.63) is 10.3 Å². The second kappa shape index (κ2) is 4.85. The third kappa shape index (κ3) is 2.85. The molecule has 1 aromatic rings. The van der Waals surface area contributed by atoms with Gasteiger partial charge in [-0.05, 0) is 28.3 Å². The van der Waals surface area contributed by atoms with E-state index in [4.69, 9.17) is 5.73 Å². The van der Waals surface area contributed by atoms with Crippen molar-refractivity contribution in [1.29, 1.82) is 0 Å². The van der Waals surface area contributed by atoms with Crippen molar-refractivity contribution in [3.63, 3.8) is 0 Å². The van der Waals surface area contributed by atoms with E-state index in [1.165, 1.54) is 4.68 Å². The van der Waals surface area contributed by atoms with E-state index in [2.05, 4.69) is 26.2 Å². The van der Waals surface area contributed by atoms with E-state index in [0.29, 0.717) is 22.6 Å². The minimum Gasteiger partial charge on any atom is -0.321 e. The van der Waals surface area contributed by atoms with Gasteiger partial charge in [-0.3, -0.25) is 4.79 Å². The van der Waals surface area contributed by atoms with E-state index in [0.717, 1.165) is 0 Å². The zero-order valence-corrected chi connectivity index (χ0v) is 10.7. The predicted molar refractivity (Wildman–Crippen MR) is 60.5 cm³/mol. The highest BCUT2D eigenvalue weighted by Gasteiger charge is 2.23. The van der Waals surface area contributed by atoms with Gasteiger partial charge in [-0.25, -0.2) is 4.68 Å². The summed E-state index contributed by atoms with van der Waals surface area (Å²) >= 11 is 3.18. The number of Topliss-reactive ketones (excluding diaryl/α,β-unsaturated/α-hetero) is 1. The Hall–Kier alpha value is -0.750. The molecular weight excluding hydrogens is 260 g/mol. The maximum atomic E-state index is 11.9. The van der Waals surface area contributed by atoms with Gasteiger partial charge in [0.05, 0.1) is 6.04 Å². The number of halogens is 1. The van der Waals surface area contributed by atoms with Crippen molar-refractivity contribution in [2.24, 2.45) is 18.7 Å². The van der Waals surface area contributed by atoms with Crippen LogP contribution in [0.1, 0.15) is 30.8 Å². The van der Waals surface area contributed by atoms with E-state index in [1.807, 2.05) is 13.8 Å². The van der Waals surface area contributed by atoms with Gasteiger partial charge < -0.3 is 5.73 Å². The Bertz CT molecular complexity index is 341. The van der Waals surface area contributed by atoms with Crippen molar-refractivity contribution in [2.45, 2.75) is 26.3 Å². The summed E-state index contributed by atoms with van der Waals surface area (Å²) < 4.78 is 1.89. The Morgan fingerprint density at radius 2 is 2.20 bits per heavy atom. The lowest BCUT2D eigenvalue weighted by molar-refractivity contribution is 0.0941. The largest absolute Gasteiger partial charge is 0.321 e. The standard InChI is InChI=1S/C9H15BrN4O/c1-5(2)4-6(11)8(15)7-9(10)12-13-14(7)3/h5-6H,4,11H2,1-3H3. The molecule has 1 heterocycles. The molecule has 0 bridgehead atoms. The Balaban J connectivity index is 2.85. The SMILES string of the molecule is CC(C)CC(N)C(=O)c1c(Br)nnn1C. The minimum atomic E-state index is -0.488. The molecule has 0 aliphatic carbocycles. The lowest BCUT2D eigenvalue weighted by atomic mass is 10.00. The van der Waals surface area contributed by atoms with Crippen LogP contribution in [0.15, 0.2) is 4.60 Å². The van der Waals surface area contributed by atoms with E-state index in [9.17, 15) is 4.79 Å². The molecule has 0 aromatic carbocycles. The molecule has 6 heteroatoms. The highest BCUT2D eigenvalue weighted by molar-refractivity contribution is 9.10. The average Bonchev–Trinajstić information content (AvgIpc) is 2.44. The van der Waals surface area contributed by atoms with Crippen molar-refractivity contribution in [1.82, 2.24) is 15.0 Å². The van der Waals surface area contributed by atoms with Gasteiger partial charge in [-0.2, -0.15) is 0 Å². The van der Waals surface area contributed by atoms with Crippen molar-refractivity contribution in [2.75, 3.05) is 0 Å². The summed E-state index contributed by atoms with van der Waals surface area (Å²) in [5.41, 5.74) is 6.24. The van der Waals surface area contributed by atoms with Gasteiger partial charge in [0.1, 0.15) is 5.69 Å². The van der Waals surface area contributed by atoms with Crippen molar-refractivity contribution < 1.29 is 4.79 Å². The first-order valence-electron chi connectivity index (χ1n) is 4.78. The van der Waals surface area contributed by atoms with Crippen LogP contribution in [0.5, 0.6) is 0 Å². The number of carbonyl (C=O) groups excluding carboxylic acids is 1. The summed E-state index contributed by atoms with van der Waals surface area (Å²) in [4.78, 5) is 11.9. The highest BCUT2D eigenvalue weighted by atomic mass is 79.9. The molecule has 0 spiro atoms. The van der Waals surface area contributed by atoms with Crippen LogP contribution >= 0.6 is 15.9 Å². The number of hydrogen-bond donors (Lipinski definition) is 1. The Labute approximate surface area is 97.2 Å². The second-order valence-electron chi connectivity index (χ2n) is 3.95. The van der Waals surface area contributed by atoms with Crippen molar-refractivity contribution in [3.8, 4) is 0 Å². The Kier molecular flexibility index (Phi) is 3.98. The molecule has 0 aliphatic rings. The van der Waals surface area contributed by atoms with Crippen LogP contribution in [0, 0.1) is 5.92 Å². The number of nitrogens with zero attached hydrogens (tertiary/aromatic N) is 3. The van der Waals surface area contributed by atoms with Gasteiger partial charge in [0.15, 0.2) is 10.4 Å². The molecule has 2 N–H and O–H groups in total. The molecule has 84 valence electrons. The summed E-state index contributed by atoms with van der Waals surface area (Å²) in [6.45, 7) is 4.06. The molecule has 15 heavy (non-hydrogen) atoms. The third-order valence-corrected chi connectivity index (χ3v) is 2.62. The summed E-state index contributed by atoms with van der Waals surface area (Å²) in [7, 11) is 1.67. The number of aromatic nitrogens is 3. The van der Waals surface area contributed by atoms with Crippen LogP contribution in [-0.2, 0) is 7.05 Å². The molecule has 1 rings (SSSR count). The van der Waals surface area contributed by atoms with Crippen LogP contribution in [0.25, 0.3) is 0 Å². The lowest BCUT2D eigenvalue weighted by Gasteiger charge is -2.12. The van der Waals surface area contributed by atoms with Gasteiger partial charge >= 0.3 is 0 Å². The quantitative estimate of drug-likeness (QED) is 0.836. The van der Waals surface area contributed by atoms with Crippen molar-refractivity contribution >= 4 is 21.7 Å². The number of nitrogens with two attached hydrogens (primary N) is 1. The summed E-state index contributed by atoms with van der Waals surface area (Å²) in [5, 5.41) is 7.49. The van der Waals surface area contributed by atoms with Gasteiger partial charge in [0, 0.05) is 7.05 Å². The molecule has 1 atom stereocenters. The van der Waals surface area contributed by atoms with Crippen LogP contribution in [-0.4, -0.2) is 26.8 Å². The highest BCUT2D eigenvalue weighted by Crippen LogP contribution is 2.15. The van der Waals surface area contributed by atoms with Crippen LogP contribution in [0.3, 0.4) is 0 Å². The van der Waals surface area contributed by atoms with Gasteiger partial charge in [-0.15, -0.1) is 5.10 Å². The lowest BCUT2D eigenvalue weighted by Crippen LogP contribution is -2.33. The molecule has 0 fully saturated rings. The van der Waals surface area contributed by atoms with Crippen LogP contribution < -0.4 is 5.73 Å². The fourth-order valence-electron chi connectivity index (χ4n) is 1.38. The predicted octanol–water partition coefficient (Wildman–Crippen LogP) is 1.13. The molecule has 1 aromatic heterocycles. The Morgan fingerprint density at radius 3 is 2.60 bits per heavy atom. The second-order valence-corrected chi connectivity index (χ2v) is 4.70. The maximum absolute atomic E-state index is 11.9. The molecular formula is C9H15BrN4O. The van der Waals surface area contributed by atoms with E-state index in [1.54, 1.807) is 7.05 Å². The fraction of sp³-hybridized carbons (Fsp3) is 0.667. The van der Waals surface area contributed by atoms with Gasteiger partial charge in [0.2, 0.25) is 0 Å². The average molecular weight is 275 g/mol. The van der Waals surface area contributed by atoms with Gasteiger partial charge in [-0.1, -0.05) is 19.1 Å². The van der Waals surface area contributed by atoms with Crippen LogP contribution in [0.2, 0.25) is 0 Å². The molecule has 0 aliphatic heterocycles. The normalized spacial score (nSPS) is 13.2. The number of hydrogen-bond acceptors (Lipinski definition) is 4. The first kappa shape index (κ1) is 12.3. The Morgan fingerprint density at radius 1 is 1.60 bits per heavy atom. The number of rotatable bonds is 4.